The van der Waals surface area contributed by atoms with E-state index in [0.717, 1.165) is 31.6 Å². The normalized spacial score (nSPS) is 17.5. The van der Waals surface area contributed by atoms with Gasteiger partial charge < -0.3 is 10.2 Å². The maximum atomic E-state index is 12.3. The molecule has 1 amide bonds. The summed E-state index contributed by atoms with van der Waals surface area (Å²) >= 11 is 0. The molecule has 1 unspecified atom stereocenters. The molecule has 1 aliphatic rings. The van der Waals surface area contributed by atoms with E-state index < -0.39 is 4.92 Å². The minimum atomic E-state index is -0.478. The Bertz CT molecular complexity index is 740. The van der Waals surface area contributed by atoms with E-state index in [0.29, 0.717) is 5.56 Å². The van der Waals surface area contributed by atoms with Crippen molar-refractivity contribution in [3.8, 4) is 0 Å². The van der Waals surface area contributed by atoms with Crippen LogP contribution in [0.1, 0.15) is 23.2 Å². The second-order valence-corrected chi connectivity index (χ2v) is 5.93. The first kappa shape index (κ1) is 16.0. The molecule has 1 fully saturated rings. The molecule has 1 atom stereocenters. The van der Waals surface area contributed by atoms with Crippen LogP contribution in [-0.4, -0.2) is 39.7 Å². The Labute approximate surface area is 139 Å². The van der Waals surface area contributed by atoms with E-state index in [2.05, 4.69) is 15.3 Å². The molecule has 8 nitrogen and oxygen atoms in total. The molecule has 8 heteroatoms. The summed E-state index contributed by atoms with van der Waals surface area (Å²) in [5.41, 5.74) is 1.46. The molecule has 0 radical (unpaired) electrons. The van der Waals surface area contributed by atoms with E-state index in [1.54, 1.807) is 4.68 Å². The lowest BCUT2D eigenvalue weighted by Crippen LogP contribution is -2.47. The Morgan fingerprint density at radius 2 is 2.12 bits per heavy atom. The molecule has 0 bridgehead atoms. The molecular formula is C16H19N5O3. The number of nitro groups is 1. The Kier molecular flexibility index (Phi) is 4.45. The van der Waals surface area contributed by atoms with Crippen LogP contribution in [0.5, 0.6) is 0 Å². The predicted octanol–water partition coefficient (Wildman–Crippen LogP) is 1.73. The van der Waals surface area contributed by atoms with Crippen LogP contribution in [0.3, 0.4) is 0 Å². The summed E-state index contributed by atoms with van der Waals surface area (Å²) in [6.45, 7) is 1.67. The van der Waals surface area contributed by atoms with E-state index in [1.165, 1.54) is 24.3 Å². The van der Waals surface area contributed by atoms with Gasteiger partial charge in [-0.3, -0.25) is 19.6 Å². The molecule has 0 spiro atoms. The number of benzene rings is 1. The number of non-ortho nitro benzene ring substituents is 1. The van der Waals surface area contributed by atoms with Crippen LogP contribution in [0.25, 0.3) is 0 Å². The van der Waals surface area contributed by atoms with E-state index in [4.69, 9.17) is 0 Å². The van der Waals surface area contributed by atoms with Crippen LogP contribution in [-0.2, 0) is 7.05 Å². The number of aromatic nitrogens is 2. The van der Waals surface area contributed by atoms with Crippen LogP contribution in [0.15, 0.2) is 36.7 Å². The smallest absolute Gasteiger partial charge is 0.269 e. The summed E-state index contributed by atoms with van der Waals surface area (Å²) in [6.07, 6.45) is 5.68. The number of anilines is 1. The number of hydrogen-bond donors (Lipinski definition) is 1. The van der Waals surface area contributed by atoms with E-state index >= 15 is 0 Å². The number of carbonyl (C=O) groups excluding carboxylic acids is 1. The zero-order valence-corrected chi connectivity index (χ0v) is 13.4. The van der Waals surface area contributed by atoms with Crippen LogP contribution < -0.4 is 10.2 Å². The number of carbonyl (C=O) groups is 1. The van der Waals surface area contributed by atoms with Crippen molar-refractivity contribution in [2.24, 2.45) is 7.05 Å². The molecule has 24 heavy (non-hydrogen) atoms. The largest absolute Gasteiger partial charge is 0.367 e. The first-order chi connectivity index (χ1) is 11.5. The van der Waals surface area contributed by atoms with Crippen LogP contribution in [0.4, 0.5) is 11.4 Å². The van der Waals surface area contributed by atoms with E-state index in [9.17, 15) is 14.9 Å². The molecule has 126 valence electrons. The minimum Gasteiger partial charge on any atom is -0.367 e. The predicted molar refractivity (Wildman–Crippen MR) is 89.0 cm³/mol. The number of aryl methyl sites for hydroxylation is 1. The lowest BCUT2D eigenvalue weighted by molar-refractivity contribution is -0.384. The summed E-state index contributed by atoms with van der Waals surface area (Å²) < 4.78 is 1.76. The number of hydrogen-bond acceptors (Lipinski definition) is 5. The highest BCUT2D eigenvalue weighted by Crippen LogP contribution is 2.19. The Balaban J connectivity index is 1.62. The summed E-state index contributed by atoms with van der Waals surface area (Å²) in [5.74, 6) is -0.206. The monoisotopic (exact) mass is 329 g/mol. The molecule has 2 heterocycles. The Morgan fingerprint density at radius 1 is 1.38 bits per heavy atom. The van der Waals surface area contributed by atoms with Crippen molar-refractivity contribution >= 4 is 17.3 Å². The van der Waals surface area contributed by atoms with Gasteiger partial charge in [-0.1, -0.05) is 0 Å². The molecule has 3 rings (SSSR count). The van der Waals surface area contributed by atoms with E-state index in [-0.39, 0.29) is 17.6 Å². The van der Waals surface area contributed by atoms with Gasteiger partial charge in [0.05, 0.1) is 16.8 Å². The van der Waals surface area contributed by atoms with Crippen molar-refractivity contribution in [1.29, 1.82) is 0 Å². The molecule has 1 saturated heterocycles. The van der Waals surface area contributed by atoms with Gasteiger partial charge in [0.1, 0.15) is 0 Å². The summed E-state index contributed by atoms with van der Waals surface area (Å²) in [6, 6.07) is 5.70. The highest BCUT2D eigenvalue weighted by atomic mass is 16.6. The van der Waals surface area contributed by atoms with Gasteiger partial charge in [0, 0.05) is 50.1 Å². The van der Waals surface area contributed by atoms with Gasteiger partial charge >= 0.3 is 0 Å². The minimum absolute atomic E-state index is 0.0213. The lowest BCUT2D eigenvalue weighted by Gasteiger charge is -2.33. The van der Waals surface area contributed by atoms with Crippen molar-refractivity contribution in [2.45, 2.75) is 18.9 Å². The first-order valence-electron chi connectivity index (χ1n) is 7.82. The fourth-order valence-electron chi connectivity index (χ4n) is 2.90. The van der Waals surface area contributed by atoms with Gasteiger partial charge in [0.25, 0.3) is 11.6 Å². The van der Waals surface area contributed by atoms with Gasteiger partial charge in [0.15, 0.2) is 0 Å². The van der Waals surface area contributed by atoms with Gasteiger partial charge in [0.2, 0.25) is 0 Å². The van der Waals surface area contributed by atoms with Crippen molar-refractivity contribution < 1.29 is 9.72 Å². The number of nitrogens with zero attached hydrogens (tertiary/aromatic N) is 4. The van der Waals surface area contributed by atoms with E-state index in [1.807, 2.05) is 19.4 Å². The number of nitrogens with one attached hydrogen (secondary N) is 1. The van der Waals surface area contributed by atoms with Crippen molar-refractivity contribution in [2.75, 3.05) is 18.0 Å². The SMILES string of the molecule is Cn1cc(N2CCCC(NC(=O)c3ccc([N+](=O)[O-])cc3)C2)cn1. The molecule has 2 aromatic rings. The number of piperidine rings is 1. The second kappa shape index (κ2) is 6.69. The lowest BCUT2D eigenvalue weighted by atomic mass is 10.0. The van der Waals surface area contributed by atoms with Crippen LogP contribution in [0, 0.1) is 10.1 Å². The average molecular weight is 329 g/mol. The van der Waals surface area contributed by atoms with Crippen LogP contribution in [0.2, 0.25) is 0 Å². The molecule has 1 aromatic heterocycles. The van der Waals surface area contributed by atoms with Crippen molar-refractivity contribution in [3.05, 3.63) is 52.3 Å². The molecule has 1 aliphatic heterocycles. The summed E-state index contributed by atoms with van der Waals surface area (Å²) in [7, 11) is 1.88. The molecule has 0 aliphatic carbocycles. The van der Waals surface area contributed by atoms with Crippen LogP contribution >= 0.6 is 0 Å². The highest BCUT2D eigenvalue weighted by molar-refractivity contribution is 5.94. The second-order valence-electron chi connectivity index (χ2n) is 5.93. The van der Waals surface area contributed by atoms with Crippen molar-refractivity contribution in [3.63, 3.8) is 0 Å². The fraction of sp³-hybridized carbons (Fsp3) is 0.375. The van der Waals surface area contributed by atoms with Gasteiger partial charge in [-0.05, 0) is 25.0 Å². The Hall–Kier alpha value is -2.90. The fourth-order valence-corrected chi connectivity index (χ4v) is 2.90. The number of rotatable bonds is 4. The topological polar surface area (TPSA) is 93.3 Å². The molecule has 1 N–H and O–H groups in total. The quantitative estimate of drug-likeness (QED) is 0.681. The standard InChI is InChI=1S/C16H19N5O3/c1-19-11-15(9-17-19)20-8-2-3-13(10-20)18-16(22)12-4-6-14(7-5-12)21(23)24/h4-7,9,11,13H,2-3,8,10H2,1H3,(H,18,22). The van der Waals surface area contributed by atoms with Gasteiger partial charge in [-0.2, -0.15) is 5.10 Å². The third kappa shape index (κ3) is 3.53. The third-order valence-corrected chi connectivity index (χ3v) is 4.15. The Morgan fingerprint density at radius 3 is 2.75 bits per heavy atom. The molecule has 1 aromatic carbocycles. The van der Waals surface area contributed by atoms with Gasteiger partial charge in [-0.15, -0.1) is 0 Å². The average Bonchev–Trinajstić information content (AvgIpc) is 3.02. The first-order valence-corrected chi connectivity index (χ1v) is 7.82. The summed E-state index contributed by atoms with van der Waals surface area (Å²) in [4.78, 5) is 24.7. The zero-order chi connectivity index (χ0) is 17.1. The maximum absolute atomic E-state index is 12.3. The highest BCUT2D eigenvalue weighted by Gasteiger charge is 2.23. The molecule has 0 saturated carbocycles. The molecular weight excluding hydrogens is 310 g/mol. The summed E-state index contributed by atoms with van der Waals surface area (Å²) in [5, 5.41) is 17.9. The maximum Gasteiger partial charge on any atom is 0.269 e. The van der Waals surface area contributed by atoms with Crippen molar-refractivity contribution in [1.82, 2.24) is 15.1 Å². The number of amides is 1. The zero-order valence-electron chi connectivity index (χ0n) is 13.4. The third-order valence-electron chi connectivity index (χ3n) is 4.15. The number of nitro benzene ring substituents is 1. The van der Waals surface area contributed by atoms with Gasteiger partial charge in [-0.25, -0.2) is 0 Å².